The zero-order valence-electron chi connectivity index (χ0n) is 10.8. The van der Waals surface area contributed by atoms with Gasteiger partial charge in [-0.15, -0.1) is 11.3 Å². The molecule has 1 aliphatic rings. The molecule has 2 N–H and O–H groups in total. The highest BCUT2D eigenvalue weighted by molar-refractivity contribution is 7.19. The molecule has 1 amide bonds. The number of carbonyl (C=O) groups is 1. The number of amides is 1. The van der Waals surface area contributed by atoms with Crippen molar-refractivity contribution in [3.8, 4) is 0 Å². The minimum absolute atomic E-state index is 0.151. The van der Waals surface area contributed by atoms with Gasteiger partial charge in [-0.3, -0.25) is 4.79 Å². The van der Waals surface area contributed by atoms with Gasteiger partial charge < -0.3 is 10.6 Å². The third-order valence-electron chi connectivity index (χ3n) is 3.52. The summed E-state index contributed by atoms with van der Waals surface area (Å²) in [6.45, 7) is 2.02. The second-order valence-corrected chi connectivity index (χ2v) is 6.19. The molecule has 0 spiro atoms. The quantitative estimate of drug-likeness (QED) is 0.902. The molecule has 0 radical (unpaired) electrons. The lowest BCUT2D eigenvalue weighted by Gasteiger charge is -2.23. The van der Waals surface area contributed by atoms with Gasteiger partial charge in [-0.1, -0.05) is 18.2 Å². The summed E-state index contributed by atoms with van der Waals surface area (Å²) in [5, 5.41) is 7.68. The molecule has 1 fully saturated rings. The summed E-state index contributed by atoms with van der Waals surface area (Å²) in [5.41, 5.74) is 0. The topological polar surface area (TPSA) is 41.1 Å². The first-order valence-corrected chi connectivity index (χ1v) is 7.60. The number of fused-ring (bicyclic) bond motifs is 1. The van der Waals surface area contributed by atoms with Crippen LogP contribution in [-0.4, -0.2) is 25.0 Å². The highest BCUT2D eigenvalue weighted by Gasteiger charge is 2.16. The van der Waals surface area contributed by atoms with Crippen molar-refractivity contribution in [3.63, 3.8) is 0 Å². The van der Waals surface area contributed by atoms with Gasteiger partial charge in [-0.25, -0.2) is 0 Å². The molecule has 100 valence electrons. The number of carbonyl (C=O) groups excluding carboxylic acids is 1. The number of piperidine rings is 1. The van der Waals surface area contributed by atoms with Crippen LogP contribution in [0.15, 0.2) is 30.3 Å². The molecule has 19 heavy (non-hydrogen) atoms. The molecule has 3 rings (SSSR count). The van der Waals surface area contributed by atoms with Crippen molar-refractivity contribution in [2.45, 2.75) is 25.3 Å². The van der Waals surface area contributed by atoms with E-state index in [1.807, 2.05) is 12.1 Å². The van der Waals surface area contributed by atoms with Crippen LogP contribution in [-0.2, 0) is 11.2 Å². The molecule has 1 aliphatic heterocycles. The number of benzene rings is 1. The molecule has 1 aromatic heterocycles. The second-order valence-electron chi connectivity index (χ2n) is 5.02. The van der Waals surface area contributed by atoms with Crippen LogP contribution in [0.1, 0.15) is 17.7 Å². The number of hydrogen-bond acceptors (Lipinski definition) is 3. The lowest BCUT2D eigenvalue weighted by molar-refractivity contribution is -0.121. The summed E-state index contributed by atoms with van der Waals surface area (Å²) in [4.78, 5) is 13.2. The fourth-order valence-corrected chi connectivity index (χ4v) is 3.59. The largest absolute Gasteiger partial charge is 0.353 e. The molecule has 4 heteroatoms. The Morgan fingerprint density at radius 3 is 2.89 bits per heavy atom. The Balaban J connectivity index is 1.62. The van der Waals surface area contributed by atoms with Crippen LogP contribution in [0.5, 0.6) is 0 Å². The first-order valence-electron chi connectivity index (χ1n) is 6.79. The predicted octanol–water partition coefficient (Wildman–Crippen LogP) is 2.31. The summed E-state index contributed by atoms with van der Waals surface area (Å²) in [5.74, 6) is 0.151. The van der Waals surface area contributed by atoms with Crippen molar-refractivity contribution in [1.82, 2.24) is 10.6 Å². The maximum absolute atomic E-state index is 12.0. The van der Waals surface area contributed by atoms with Gasteiger partial charge in [0.05, 0.1) is 6.42 Å². The molecule has 0 saturated carbocycles. The minimum Gasteiger partial charge on any atom is -0.353 e. The Hall–Kier alpha value is -1.39. The maximum Gasteiger partial charge on any atom is 0.225 e. The van der Waals surface area contributed by atoms with Crippen LogP contribution in [0.2, 0.25) is 0 Å². The van der Waals surface area contributed by atoms with Crippen LogP contribution < -0.4 is 10.6 Å². The molecule has 0 aliphatic carbocycles. The number of thiophene rings is 1. The van der Waals surface area contributed by atoms with Gasteiger partial charge >= 0.3 is 0 Å². The lowest BCUT2D eigenvalue weighted by Crippen LogP contribution is -2.43. The zero-order valence-corrected chi connectivity index (χ0v) is 11.6. The molecular weight excluding hydrogens is 256 g/mol. The summed E-state index contributed by atoms with van der Waals surface area (Å²) in [7, 11) is 0. The monoisotopic (exact) mass is 274 g/mol. The van der Waals surface area contributed by atoms with E-state index in [4.69, 9.17) is 0 Å². The SMILES string of the molecule is O=C(Cc1cc2ccccc2s1)NC1CCNCC1. The number of rotatable bonds is 3. The molecule has 1 aromatic carbocycles. The smallest absolute Gasteiger partial charge is 0.225 e. The summed E-state index contributed by atoms with van der Waals surface area (Å²) >= 11 is 1.71. The average Bonchev–Trinajstić information content (AvgIpc) is 2.81. The molecular formula is C15H18N2OS. The van der Waals surface area contributed by atoms with Gasteiger partial charge in [-0.05, 0) is 43.5 Å². The molecule has 2 aromatic rings. The molecule has 1 saturated heterocycles. The van der Waals surface area contributed by atoms with Crippen molar-refractivity contribution in [3.05, 3.63) is 35.2 Å². The van der Waals surface area contributed by atoms with Crippen LogP contribution >= 0.6 is 11.3 Å². The van der Waals surface area contributed by atoms with E-state index in [0.29, 0.717) is 12.5 Å². The molecule has 0 unspecified atom stereocenters. The maximum atomic E-state index is 12.0. The molecule has 2 heterocycles. The Kier molecular flexibility index (Phi) is 3.80. The van der Waals surface area contributed by atoms with Crippen LogP contribution in [0.3, 0.4) is 0 Å². The van der Waals surface area contributed by atoms with Crippen molar-refractivity contribution in [2.24, 2.45) is 0 Å². The van der Waals surface area contributed by atoms with E-state index in [2.05, 4.69) is 28.8 Å². The molecule has 0 bridgehead atoms. The summed E-state index contributed by atoms with van der Waals surface area (Å²) in [6, 6.07) is 10.8. The zero-order chi connectivity index (χ0) is 13.1. The fraction of sp³-hybridized carbons (Fsp3) is 0.400. The van der Waals surface area contributed by atoms with Gasteiger partial charge in [0.2, 0.25) is 5.91 Å². The Labute approximate surface area is 117 Å². The number of nitrogens with one attached hydrogen (secondary N) is 2. The lowest BCUT2D eigenvalue weighted by atomic mass is 10.1. The standard InChI is InChI=1S/C15H18N2OS/c18-15(17-12-5-7-16-8-6-12)10-13-9-11-3-1-2-4-14(11)19-13/h1-4,9,12,16H,5-8,10H2,(H,17,18). The van der Waals surface area contributed by atoms with E-state index in [1.54, 1.807) is 11.3 Å². The van der Waals surface area contributed by atoms with Crippen molar-refractivity contribution in [2.75, 3.05) is 13.1 Å². The minimum atomic E-state index is 0.151. The summed E-state index contributed by atoms with van der Waals surface area (Å²) < 4.78 is 1.26. The Morgan fingerprint density at radius 2 is 2.11 bits per heavy atom. The van der Waals surface area contributed by atoms with Crippen LogP contribution in [0, 0.1) is 0 Å². The third-order valence-corrected chi connectivity index (χ3v) is 4.63. The second kappa shape index (κ2) is 5.72. The summed E-state index contributed by atoms with van der Waals surface area (Å²) in [6.07, 6.45) is 2.58. The highest BCUT2D eigenvalue weighted by Crippen LogP contribution is 2.25. The van der Waals surface area contributed by atoms with E-state index < -0.39 is 0 Å². The van der Waals surface area contributed by atoms with Crippen molar-refractivity contribution >= 4 is 27.3 Å². The van der Waals surface area contributed by atoms with Gasteiger partial charge in [0.15, 0.2) is 0 Å². The Bertz CT molecular complexity index is 539. The van der Waals surface area contributed by atoms with E-state index in [9.17, 15) is 4.79 Å². The third kappa shape index (κ3) is 3.14. The van der Waals surface area contributed by atoms with E-state index in [1.165, 1.54) is 10.1 Å². The van der Waals surface area contributed by atoms with Gasteiger partial charge in [0.25, 0.3) is 0 Å². The molecule has 3 nitrogen and oxygen atoms in total. The van der Waals surface area contributed by atoms with Gasteiger partial charge in [0.1, 0.15) is 0 Å². The normalized spacial score (nSPS) is 16.6. The number of hydrogen-bond donors (Lipinski definition) is 2. The Morgan fingerprint density at radius 1 is 1.32 bits per heavy atom. The fourth-order valence-electron chi connectivity index (χ4n) is 2.53. The van der Waals surface area contributed by atoms with Crippen LogP contribution in [0.25, 0.3) is 10.1 Å². The van der Waals surface area contributed by atoms with Crippen molar-refractivity contribution < 1.29 is 4.79 Å². The first-order chi connectivity index (χ1) is 9.31. The highest BCUT2D eigenvalue weighted by atomic mass is 32.1. The van der Waals surface area contributed by atoms with Gasteiger partial charge in [-0.2, -0.15) is 0 Å². The van der Waals surface area contributed by atoms with E-state index in [-0.39, 0.29) is 5.91 Å². The average molecular weight is 274 g/mol. The van der Waals surface area contributed by atoms with E-state index >= 15 is 0 Å². The first kappa shape index (κ1) is 12.6. The van der Waals surface area contributed by atoms with E-state index in [0.717, 1.165) is 30.8 Å². The predicted molar refractivity (Wildman–Crippen MR) is 79.6 cm³/mol. The van der Waals surface area contributed by atoms with Gasteiger partial charge in [0, 0.05) is 15.6 Å². The molecule has 0 atom stereocenters. The van der Waals surface area contributed by atoms with Crippen molar-refractivity contribution in [1.29, 1.82) is 0 Å². The van der Waals surface area contributed by atoms with Crippen LogP contribution in [0.4, 0.5) is 0 Å².